The van der Waals surface area contributed by atoms with Crippen LogP contribution in [0.1, 0.15) is 29.8 Å². The summed E-state index contributed by atoms with van der Waals surface area (Å²) in [6.45, 7) is 6.34. The number of anilines is 2. The highest BCUT2D eigenvalue weighted by molar-refractivity contribution is 5.66. The number of benzene rings is 1. The summed E-state index contributed by atoms with van der Waals surface area (Å²) in [6, 6.07) is 8.41. The second-order valence-corrected chi connectivity index (χ2v) is 6.70. The predicted octanol–water partition coefficient (Wildman–Crippen LogP) is 4.94. The zero-order chi connectivity index (χ0) is 17.4. The summed E-state index contributed by atoms with van der Waals surface area (Å²) in [5.74, 6) is 1.67. The summed E-state index contributed by atoms with van der Waals surface area (Å²) in [5.41, 5.74) is 5.20. The molecule has 1 aliphatic rings. The number of fused-ring (bicyclic) bond motifs is 1. The van der Waals surface area contributed by atoms with Crippen molar-refractivity contribution in [2.75, 3.05) is 5.32 Å². The van der Waals surface area contributed by atoms with E-state index in [1.165, 1.54) is 5.56 Å². The van der Waals surface area contributed by atoms with Gasteiger partial charge in [0.1, 0.15) is 5.82 Å². The molecule has 0 bridgehead atoms. The van der Waals surface area contributed by atoms with Gasteiger partial charge in [-0.05, 0) is 37.5 Å². The van der Waals surface area contributed by atoms with E-state index in [0.717, 1.165) is 28.5 Å². The Bertz CT molecular complexity index is 981. The number of nitrogens with one attached hydrogen (secondary N) is 1. The quantitative estimate of drug-likeness (QED) is 0.740. The second kappa shape index (κ2) is 6.20. The third-order valence-corrected chi connectivity index (χ3v) is 4.75. The van der Waals surface area contributed by atoms with E-state index >= 15 is 0 Å². The summed E-state index contributed by atoms with van der Waals surface area (Å²) < 4.78 is 2.11. The van der Waals surface area contributed by atoms with Crippen LogP contribution in [0.4, 0.5) is 11.5 Å². The Morgan fingerprint density at radius 3 is 2.76 bits per heavy atom. The molecular formula is C21H22N4. The number of allylic oxidation sites excluding steroid dienone is 4. The molecule has 2 aromatic heterocycles. The van der Waals surface area contributed by atoms with Crippen LogP contribution in [0.5, 0.6) is 0 Å². The van der Waals surface area contributed by atoms with Crippen LogP contribution in [0.25, 0.3) is 5.65 Å². The molecule has 25 heavy (non-hydrogen) atoms. The zero-order valence-electron chi connectivity index (χ0n) is 14.8. The van der Waals surface area contributed by atoms with E-state index in [-0.39, 0.29) is 5.92 Å². The van der Waals surface area contributed by atoms with Crippen LogP contribution in [0, 0.1) is 19.8 Å². The molecule has 2 atom stereocenters. The fourth-order valence-electron chi connectivity index (χ4n) is 3.39. The molecule has 126 valence electrons. The van der Waals surface area contributed by atoms with Gasteiger partial charge >= 0.3 is 0 Å². The van der Waals surface area contributed by atoms with Crippen LogP contribution in [-0.4, -0.2) is 14.4 Å². The highest BCUT2D eigenvalue weighted by atomic mass is 15.1. The largest absolute Gasteiger partial charge is 0.340 e. The van der Waals surface area contributed by atoms with Gasteiger partial charge in [0.2, 0.25) is 0 Å². The first-order chi connectivity index (χ1) is 12.1. The number of hydrogen-bond acceptors (Lipinski definition) is 3. The van der Waals surface area contributed by atoms with Gasteiger partial charge in [-0.1, -0.05) is 43.4 Å². The molecule has 1 aromatic carbocycles. The van der Waals surface area contributed by atoms with E-state index in [0.29, 0.717) is 5.92 Å². The normalized spacial score (nSPS) is 19.5. The van der Waals surface area contributed by atoms with Gasteiger partial charge in [-0.25, -0.2) is 4.98 Å². The van der Waals surface area contributed by atoms with Gasteiger partial charge in [0.15, 0.2) is 5.65 Å². The van der Waals surface area contributed by atoms with Gasteiger partial charge in [-0.3, -0.25) is 9.38 Å². The van der Waals surface area contributed by atoms with Crippen LogP contribution in [-0.2, 0) is 0 Å². The highest BCUT2D eigenvalue weighted by Gasteiger charge is 2.25. The highest BCUT2D eigenvalue weighted by Crippen LogP contribution is 2.36. The molecule has 0 fully saturated rings. The van der Waals surface area contributed by atoms with Crippen molar-refractivity contribution in [1.82, 2.24) is 14.4 Å². The first kappa shape index (κ1) is 15.6. The Morgan fingerprint density at radius 1 is 1.12 bits per heavy atom. The van der Waals surface area contributed by atoms with E-state index < -0.39 is 0 Å². The predicted molar refractivity (Wildman–Crippen MR) is 102 cm³/mol. The lowest BCUT2D eigenvalue weighted by Gasteiger charge is -2.20. The van der Waals surface area contributed by atoms with Gasteiger partial charge in [0.25, 0.3) is 0 Å². The molecule has 4 nitrogen and oxygen atoms in total. The maximum atomic E-state index is 4.96. The second-order valence-electron chi connectivity index (χ2n) is 6.70. The van der Waals surface area contributed by atoms with E-state index in [4.69, 9.17) is 4.98 Å². The summed E-state index contributed by atoms with van der Waals surface area (Å²) in [7, 11) is 0. The molecule has 1 N–H and O–H groups in total. The van der Waals surface area contributed by atoms with Crippen molar-refractivity contribution < 1.29 is 0 Å². The van der Waals surface area contributed by atoms with Gasteiger partial charge in [-0.2, -0.15) is 0 Å². The van der Waals surface area contributed by atoms with Crippen molar-refractivity contribution in [2.45, 2.75) is 26.7 Å². The lowest BCUT2D eigenvalue weighted by atomic mass is 9.87. The first-order valence-electron chi connectivity index (χ1n) is 8.66. The molecule has 0 aliphatic heterocycles. The van der Waals surface area contributed by atoms with Gasteiger partial charge < -0.3 is 5.32 Å². The number of nitrogens with zero attached hydrogens (tertiary/aromatic N) is 3. The van der Waals surface area contributed by atoms with E-state index in [1.807, 2.05) is 19.3 Å². The molecule has 2 unspecified atom stereocenters. The van der Waals surface area contributed by atoms with Crippen LogP contribution in [0.2, 0.25) is 0 Å². The van der Waals surface area contributed by atoms with Crippen LogP contribution >= 0.6 is 0 Å². The fraction of sp³-hybridized carbons (Fsp3) is 0.238. The number of aromatic nitrogens is 3. The van der Waals surface area contributed by atoms with Crippen molar-refractivity contribution in [3.8, 4) is 0 Å². The molecule has 0 saturated heterocycles. The van der Waals surface area contributed by atoms with Crippen molar-refractivity contribution in [1.29, 1.82) is 0 Å². The van der Waals surface area contributed by atoms with E-state index in [9.17, 15) is 0 Å². The van der Waals surface area contributed by atoms with Crippen LogP contribution in [0.15, 0.2) is 61.0 Å². The molecule has 2 heterocycles. The number of aryl methyl sites for hydroxylation is 2. The lowest BCUT2D eigenvalue weighted by Crippen LogP contribution is -2.10. The first-order valence-corrected chi connectivity index (χ1v) is 8.66. The monoisotopic (exact) mass is 330 g/mol. The topological polar surface area (TPSA) is 42.2 Å². The number of rotatable bonds is 3. The minimum atomic E-state index is 0.247. The molecule has 4 heteroatoms. The van der Waals surface area contributed by atoms with Crippen molar-refractivity contribution in [3.63, 3.8) is 0 Å². The molecule has 0 saturated carbocycles. The van der Waals surface area contributed by atoms with Crippen molar-refractivity contribution in [3.05, 3.63) is 77.9 Å². The summed E-state index contributed by atoms with van der Waals surface area (Å²) in [4.78, 5) is 9.36. The molecule has 0 spiro atoms. The van der Waals surface area contributed by atoms with Crippen molar-refractivity contribution >= 4 is 17.2 Å². The average Bonchev–Trinajstić information content (AvgIpc) is 2.95. The van der Waals surface area contributed by atoms with E-state index in [1.54, 1.807) is 0 Å². The Balaban J connectivity index is 1.88. The molecular weight excluding hydrogens is 308 g/mol. The Kier molecular flexibility index (Phi) is 3.88. The van der Waals surface area contributed by atoms with Gasteiger partial charge in [0.05, 0.1) is 11.4 Å². The lowest BCUT2D eigenvalue weighted by molar-refractivity contribution is 0.625. The number of hydrogen-bond donors (Lipinski definition) is 1. The van der Waals surface area contributed by atoms with E-state index in [2.05, 4.69) is 77.1 Å². The van der Waals surface area contributed by atoms with Gasteiger partial charge in [-0.15, -0.1) is 0 Å². The average molecular weight is 330 g/mol. The molecule has 3 aromatic rings. The standard InChI is InChI=1S/C21H22N4/c1-14-7-6-9-17(13-14)23-21-19(18-10-5-4-8-15(18)2)24-20-16(3)22-11-12-25(20)21/h4-13,15,18,23H,1-3H3. The van der Waals surface area contributed by atoms with Gasteiger partial charge in [0, 0.05) is 24.0 Å². The number of imidazole rings is 1. The van der Waals surface area contributed by atoms with Crippen LogP contribution < -0.4 is 5.32 Å². The summed E-state index contributed by atoms with van der Waals surface area (Å²) in [6.07, 6.45) is 12.5. The molecule has 0 amide bonds. The fourth-order valence-corrected chi connectivity index (χ4v) is 3.39. The molecule has 4 rings (SSSR count). The third kappa shape index (κ3) is 2.84. The Morgan fingerprint density at radius 2 is 1.96 bits per heavy atom. The minimum Gasteiger partial charge on any atom is -0.340 e. The molecule has 0 radical (unpaired) electrons. The SMILES string of the molecule is Cc1cccc(Nc2c(C3C=CC=CC3C)nc3c(C)nccn23)c1. The maximum Gasteiger partial charge on any atom is 0.160 e. The van der Waals surface area contributed by atoms with Crippen molar-refractivity contribution in [2.24, 2.45) is 5.92 Å². The summed E-state index contributed by atoms with van der Waals surface area (Å²) >= 11 is 0. The minimum absolute atomic E-state index is 0.247. The Labute approximate surface area is 147 Å². The summed E-state index contributed by atoms with van der Waals surface area (Å²) in [5, 5.41) is 3.60. The zero-order valence-corrected chi connectivity index (χ0v) is 14.8. The van der Waals surface area contributed by atoms with Crippen LogP contribution in [0.3, 0.4) is 0 Å². The smallest absolute Gasteiger partial charge is 0.160 e. The maximum absolute atomic E-state index is 4.96. The Hall–Kier alpha value is -2.88. The third-order valence-electron chi connectivity index (χ3n) is 4.75. The molecule has 1 aliphatic carbocycles.